The van der Waals surface area contributed by atoms with Crippen LogP contribution in [-0.4, -0.2) is 18.6 Å². The molecule has 0 unspecified atom stereocenters. The van der Waals surface area contributed by atoms with Crippen LogP contribution in [0.15, 0.2) is 65.6 Å². The molecule has 0 amide bonds. The van der Waals surface area contributed by atoms with Crippen LogP contribution in [0.3, 0.4) is 0 Å². The highest BCUT2D eigenvalue weighted by molar-refractivity contribution is 7.92. The van der Waals surface area contributed by atoms with E-state index in [2.05, 4.69) is 20.2 Å². The van der Waals surface area contributed by atoms with Crippen molar-refractivity contribution in [3.8, 4) is 6.07 Å². The van der Waals surface area contributed by atoms with Gasteiger partial charge in [-0.15, -0.1) is 10.2 Å². The number of aromatic nitrogens is 2. The van der Waals surface area contributed by atoms with Crippen molar-refractivity contribution < 1.29 is 8.42 Å². The highest BCUT2D eigenvalue weighted by Crippen LogP contribution is 2.18. The normalized spacial score (nSPS) is 10.8. The van der Waals surface area contributed by atoms with Gasteiger partial charge in [-0.2, -0.15) is 5.26 Å². The van der Waals surface area contributed by atoms with E-state index in [0.29, 0.717) is 11.4 Å². The van der Waals surface area contributed by atoms with Crippen molar-refractivity contribution in [2.45, 2.75) is 11.8 Å². The summed E-state index contributed by atoms with van der Waals surface area (Å²) in [5.74, 6) is 0.574. The third-order valence-corrected chi connectivity index (χ3v) is 4.84. The number of hydrogen-bond acceptors (Lipinski definition) is 6. The molecular weight excluding hydrogens is 350 g/mol. The standard InChI is InChI=1S/C18H15N5O2S/c1-13-3-2-4-16(11-13)26(24,25)23-18-10-9-17(21-22-18)20-15-7-5-14(12-19)6-8-15/h2-11H,1H3,(H,20,21)(H,22,23). The van der Waals surface area contributed by atoms with E-state index in [4.69, 9.17) is 5.26 Å². The summed E-state index contributed by atoms with van der Waals surface area (Å²) in [6.07, 6.45) is 0. The molecule has 130 valence electrons. The zero-order valence-corrected chi connectivity index (χ0v) is 14.7. The number of rotatable bonds is 5. The lowest BCUT2D eigenvalue weighted by molar-refractivity contribution is 0.601. The Balaban J connectivity index is 1.72. The lowest BCUT2D eigenvalue weighted by atomic mass is 10.2. The van der Waals surface area contributed by atoms with E-state index in [9.17, 15) is 8.42 Å². The lowest BCUT2D eigenvalue weighted by Crippen LogP contribution is -2.14. The van der Waals surface area contributed by atoms with Crippen molar-refractivity contribution in [1.82, 2.24) is 10.2 Å². The van der Waals surface area contributed by atoms with Crippen molar-refractivity contribution in [1.29, 1.82) is 5.26 Å². The van der Waals surface area contributed by atoms with Gasteiger partial charge in [-0.1, -0.05) is 12.1 Å². The first-order valence-corrected chi connectivity index (χ1v) is 9.15. The number of nitrogens with zero attached hydrogens (tertiary/aromatic N) is 3. The van der Waals surface area contributed by atoms with Crippen LogP contribution in [0, 0.1) is 18.3 Å². The summed E-state index contributed by atoms with van der Waals surface area (Å²) in [5.41, 5.74) is 2.15. The van der Waals surface area contributed by atoms with Gasteiger partial charge in [0, 0.05) is 5.69 Å². The van der Waals surface area contributed by atoms with Gasteiger partial charge in [-0.3, -0.25) is 4.72 Å². The summed E-state index contributed by atoms with van der Waals surface area (Å²) in [4.78, 5) is 0.166. The predicted octanol–water partition coefficient (Wildman–Crippen LogP) is 3.20. The van der Waals surface area contributed by atoms with Gasteiger partial charge in [0.15, 0.2) is 11.6 Å². The quantitative estimate of drug-likeness (QED) is 0.719. The molecule has 0 fully saturated rings. The van der Waals surface area contributed by atoms with E-state index in [1.165, 1.54) is 12.1 Å². The van der Waals surface area contributed by atoms with Crippen LogP contribution >= 0.6 is 0 Å². The van der Waals surface area contributed by atoms with Crippen LogP contribution < -0.4 is 10.0 Å². The van der Waals surface area contributed by atoms with Gasteiger partial charge in [-0.05, 0) is 61.0 Å². The Bertz CT molecular complexity index is 1060. The summed E-state index contributed by atoms with van der Waals surface area (Å²) >= 11 is 0. The SMILES string of the molecule is Cc1cccc(S(=O)(=O)Nc2ccc(Nc3ccc(C#N)cc3)nn2)c1. The van der Waals surface area contributed by atoms with Crippen LogP contribution in [0.1, 0.15) is 11.1 Å². The molecule has 8 heteroatoms. The van der Waals surface area contributed by atoms with Crippen molar-refractivity contribution in [3.63, 3.8) is 0 Å². The maximum absolute atomic E-state index is 12.4. The second kappa shape index (κ2) is 7.21. The van der Waals surface area contributed by atoms with E-state index in [-0.39, 0.29) is 10.7 Å². The summed E-state index contributed by atoms with van der Waals surface area (Å²) in [7, 11) is -3.72. The Labute approximate surface area is 151 Å². The van der Waals surface area contributed by atoms with E-state index < -0.39 is 10.0 Å². The molecular formula is C18H15N5O2S. The summed E-state index contributed by atoms with van der Waals surface area (Å²) in [6.45, 7) is 1.82. The van der Waals surface area contributed by atoms with Crippen LogP contribution in [0.4, 0.5) is 17.3 Å². The second-order valence-electron chi connectivity index (χ2n) is 5.54. The number of hydrogen-bond donors (Lipinski definition) is 2. The molecule has 0 radical (unpaired) electrons. The van der Waals surface area contributed by atoms with Crippen molar-refractivity contribution in [2.75, 3.05) is 10.0 Å². The third kappa shape index (κ3) is 4.15. The number of nitriles is 1. The fourth-order valence-corrected chi connectivity index (χ4v) is 3.31. The first-order valence-electron chi connectivity index (χ1n) is 7.67. The molecule has 0 bridgehead atoms. The molecule has 0 atom stereocenters. The molecule has 0 spiro atoms. The molecule has 3 rings (SSSR count). The number of aryl methyl sites for hydroxylation is 1. The maximum atomic E-state index is 12.4. The van der Waals surface area contributed by atoms with Crippen molar-refractivity contribution in [3.05, 3.63) is 71.8 Å². The van der Waals surface area contributed by atoms with Gasteiger partial charge in [0.1, 0.15) is 0 Å². The summed E-state index contributed by atoms with van der Waals surface area (Å²) in [6, 6.07) is 18.6. The zero-order valence-electron chi connectivity index (χ0n) is 13.8. The monoisotopic (exact) mass is 365 g/mol. The van der Waals surface area contributed by atoms with Gasteiger partial charge in [0.25, 0.3) is 10.0 Å². The fourth-order valence-electron chi connectivity index (χ4n) is 2.21. The predicted molar refractivity (Wildman–Crippen MR) is 98.5 cm³/mol. The smallest absolute Gasteiger partial charge is 0.263 e. The average Bonchev–Trinajstić information content (AvgIpc) is 2.64. The molecule has 2 aromatic carbocycles. The highest BCUT2D eigenvalue weighted by atomic mass is 32.2. The first-order chi connectivity index (χ1) is 12.5. The van der Waals surface area contributed by atoms with E-state index >= 15 is 0 Å². The van der Waals surface area contributed by atoms with Crippen molar-refractivity contribution in [2.24, 2.45) is 0 Å². The average molecular weight is 365 g/mol. The Morgan fingerprint density at radius 3 is 2.27 bits per heavy atom. The van der Waals surface area contributed by atoms with Crippen LogP contribution in [-0.2, 0) is 10.0 Å². The molecule has 0 aliphatic carbocycles. The van der Waals surface area contributed by atoms with Crippen LogP contribution in [0.25, 0.3) is 0 Å². The molecule has 0 aliphatic rings. The number of nitrogens with one attached hydrogen (secondary N) is 2. The number of anilines is 3. The Kier molecular flexibility index (Phi) is 4.82. The number of benzene rings is 2. The highest BCUT2D eigenvalue weighted by Gasteiger charge is 2.15. The molecule has 1 aromatic heterocycles. The van der Waals surface area contributed by atoms with Gasteiger partial charge < -0.3 is 5.32 Å². The van der Waals surface area contributed by atoms with Crippen LogP contribution in [0.5, 0.6) is 0 Å². The minimum absolute atomic E-state index is 0.122. The Morgan fingerprint density at radius 2 is 1.65 bits per heavy atom. The molecule has 1 heterocycles. The van der Waals surface area contributed by atoms with E-state index in [0.717, 1.165) is 11.3 Å². The van der Waals surface area contributed by atoms with Gasteiger partial charge in [-0.25, -0.2) is 8.42 Å². The van der Waals surface area contributed by atoms with E-state index in [1.54, 1.807) is 42.5 Å². The van der Waals surface area contributed by atoms with Gasteiger partial charge in [0.05, 0.1) is 16.5 Å². The minimum Gasteiger partial charge on any atom is -0.339 e. The molecule has 26 heavy (non-hydrogen) atoms. The lowest BCUT2D eigenvalue weighted by Gasteiger charge is -2.09. The fraction of sp³-hybridized carbons (Fsp3) is 0.0556. The molecule has 0 saturated heterocycles. The molecule has 7 nitrogen and oxygen atoms in total. The van der Waals surface area contributed by atoms with Crippen LogP contribution in [0.2, 0.25) is 0 Å². The van der Waals surface area contributed by atoms with Gasteiger partial charge >= 0.3 is 0 Å². The Morgan fingerprint density at radius 1 is 0.962 bits per heavy atom. The second-order valence-corrected chi connectivity index (χ2v) is 7.22. The summed E-state index contributed by atoms with van der Waals surface area (Å²) in [5, 5.41) is 19.7. The topological polar surface area (TPSA) is 108 Å². The summed E-state index contributed by atoms with van der Waals surface area (Å²) < 4.78 is 27.1. The van der Waals surface area contributed by atoms with E-state index in [1.807, 2.05) is 19.1 Å². The molecule has 0 saturated carbocycles. The molecule has 3 aromatic rings. The molecule has 2 N–H and O–H groups in total. The largest absolute Gasteiger partial charge is 0.339 e. The number of sulfonamides is 1. The third-order valence-electron chi connectivity index (χ3n) is 3.49. The first kappa shape index (κ1) is 17.4. The Hall–Kier alpha value is -3.44. The zero-order chi connectivity index (χ0) is 18.6. The molecule has 0 aliphatic heterocycles. The maximum Gasteiger partial charge on any atom is 0.263 e. The van der Waals surface area contributed by atoms with Gasteiger partial charge in [0.2, 0.25) is 0 Å². The minimum atomic E-state index is -3.72. The van der Waals surface area contributed by atoms with Crippen molar-refractivity contribution >= 4 is 27.3 Å².